The molecule has 11 nitrogen and oxygen atoms in total. The largest absolute Gasteiger partial charge is 0.479 e. The number of aromatic nitrogens is 2. The molecule has 2 aromatic rings. The Hall–Kier alpha value is -3.51. The van der Waals surface area contributed by atoms with E-state index in [1.54, 1.807) is 22.5 Å². The molecular formula is C17H17ClFN5O6. The van der Waals surface area contributed by atoms with Crippen LogP contribution in [0.1, 0.15) is 5.56 Å². The highest BCUT2D eigenvalue weighted by Gasteiger charge is 2.25. The molecule has 1 aromatic heterocycles. The van der Waals surface area contributed by atoms with E-state index in [1.165, 1.54) is 18.5 Å². The highest BCUT2D eigenvalue weighted by atomic mass is 35.5. The van der Waals surface area contributed by atoms with Crippen molar-refractivity contribution in [2.75, 3.05) is 24.6 Å². The Morgan fingerprint density at radius 2 is 1.93 bits per heavy atom. The predicted octanol–water partition coefficient (Wildman–Crippen LogP) is 1.68. The zero-order valence-electron chi connectivity index (χ0n) is 15.3. The Bertz CT molecular complexity index is 935. The Kier molecular flexibility index (Phi) is 7.83. The molecule has 13 heteroatoms. The molecule has 160 valence electrons. The number of oxime groups is 1. The monoisotopic (exact) mass is 441 g/mol. The van der Waals surface area contributed by atoms with Gasteiger partial charge in [-0.25, -0.2) is 23.9 Å². The van der Waals surface area contributed by atoms with Crippen LogP contribution in [0.25, 0.3) is 11.1 Å². The Morgan fingerprint density at radius 1 is 1.23 bits per heavy atom. The molecule has 0 radical (unpaired) electrons. The van der Waals surface area contributed by atoms with Gasteiger partial charge in [-0.3, -0.25) is 4.84 Å². The normalized spacial score (nSPS) is 12.4. The van der Waals surface area contributed by atoms with Crippen molar-refractivity contribution in [3.8, 4) is 11.1 Å². The van der Waals surface area contributed by atoms with E-state index in [2.05, 4.69) is 20.0 Å². The van der Waals surface area contributed by atoms with Gasteiger partial charge in [0.15, 0.2) is 0 Å². The third-order valence-electron chi connectivity index (χ3n) is 3.83. The van der Waals surface area contributed by atoms with E-state index in [1.807, 2.05) is 0 Å². The van der Waals surface area contributed by atoms with Gasteiger partial charge < -0.3 is 20.0 Å². The van der Waals surface area contributed by atoms with Crippen LogP contribution in [0.15, 0.2) is 35.7 Å². The number of amides is 1. The van der Waals surface area contributed by atoms with Crippen molar-refractivity contribution in [1.82, 2.24) is 15.4 Å². The SMILES string of the molecule is Cl.O=C(O)CON=C1CN(c2ncc(-c3cccc(CONC(=O)O)c3F)cn2)C1. The molecule has 30 heavy (non-hydrogen) atoms. The molecule has 3 N–H and O–H groups in total. The summed E-state index contributed by atoms with van der Waals surface area (Å²) < 4.78 is 14.7. The van der Waals surface area contributed by atoms with Crippen molar-refractivity contribution < 1.29 is 33.9 Å². The molecule has 1 fully saturated rings. The molecule has 1 saturated heterocycles. The van der Waals surface area contributed by atoms with Gasteiger partial charge in [0, 0.05) is 29.1 Å². The standard InChI is InChI=1S/C17H16FN5O6.ClH/c18-15-10(8-28-22-17(26)27)2-1-3-13(15)11-4-19-16(20-5-11)23-6-12(7-23)21-29-9-14(24)25;/h1-5,22H,6-9H2,(H,24,25)(H,26,27);1H. The summed E-state index contributed by atoms with van der Waals surface area (Å²) in [5, 5.41) is 20.7. The molecule has 0 spiro atoms. The number of carboxylic acids is 1. The molecule has 1 aliphatic rings. The second kappa shape index (κ2) is 10.3. The molecular weight excluding hydrogens is 425 g/mol. The second-order valence-electron chi connectivity index (χ2n) is 5.93. The third-order valence-corrected chi connectivity index (χ3v) is 3.83. The zero-order chi connectivity index (χ0) is 20.8. The summed E-state index contributed by atoms with van der Waals surface area (Å²) in [5.41, 5.74) is 3.23. The zero-order valence-corrected chi connectivity index (χ0v) is 16.1. The molecule has 3 rings (SSSR count). The minimum atomic E-state index is -1.38. The van der Waals surface area contributed by atoms with Crippen LogP contribution in [-0.4, -0.2) is 57.7 Å². The molecule has 0 atom stereocenters. The molecule has 1 aliphatic heterocycles. The number of carboxylic acid groups (broad SMARTS) is 2. The number of benzene rings is 1. The fourth-order valence-electron chi connectivity index (χ4n) is 2.49. The first-order valence-corrected chi connectivity index (χ1v) is 8.29. The summed E-state index contributed by atoms with van der Waals surface area (Å²) in [6.45, 7) is 0.0228. The number of hydrogen-bond donors (Lipinski definition) is 3. The lowest BCUT2D eigenvalue weighted by atomic mass is 10.1. The van der Waals surface area contributed by atoms with E-state index >= 15 is 0 Å². The number of anilines is 1. The van der Waals surface area contributed by atoms with E-state index in [4.69, 9.17) is 15.1 Å². The quantitative estimate of drug-likeness (QED) is 0.520. The minimum Gasteiger partial charge on any atom is -0.479 e. The summed E-state index contributed by atoms with van der Waals surface area (Å²) in [6.07, 6.45) is 1.56. The molecule has 0 bridgehead atoms. The van der Waals surface area contributed by atoms with Gasteiger partial charge >= 0.3 is 12.1 Å². The lowest BCUT2D eigenvalue weighted by Gasteiger charge is -2.31. The highest BCUT2D eigenvalue weighted by molar-refractivity contribution is 5.98. The topological polar surface area (TPSA) is 146 Å². The molecule has 1 amide bonds. The summed E-state index contributed by atoms with van der Waals surface area (Å²) in [5.74, 6) is -1.26. The van der Waals surface area contributed by atoms with Gasteiger partial charge in [0.25, 0.3) is 0 Å². The van der Waals surface area contributed by atoms with Crippen LogP contribution in [0.2, 0.25) is 0 Å². The predicted molar refractivity (Wildman–Crippen MR) is 104 cm³/mol. The van der Waals surface area contributed by atoms with Crippen LogP contribution in [-0.2, 0) is 21.1 Å². The second-order valence-corrected chi connectivity index (χ2v) is 5.93. The van der Waals surface area contributed by atoms with E-state index in [-0.39, 0.29) is 30.1 Å². The van der Waals surface area contributed by atoms with E-state index in [9.17, 15) is 14.0 Å². The molecule has 2 heterocycles. The van der Waals surface area contributed by atoms with Crippen molar-refractivity contribution in [2.24, 2.45) is 5.16 Å². The minimum absolute atomic E-state index is 0. The Balaban J connectivity index is 0.00000320. The Morgan fingerprint density at radius 3 is 2.57 bits per heavy atom. The van der Waals surface area contributed by atoms with Crippen molar-refractivity contribution in [2.45, 2.75) is 6.61 Å². The van der Waals surface area contributed by atoms with Crippen molar-refractivity contribution in [3.63, 3.8) is 0 Å². The van der Waals surface area contributed by atoms with E-state index in [0.717, 1.165) is 0 Å². The number of hydrogen-bond acceptors (Lipinski definition) is 8. The Labute approximate surface area is 175 Å². The van der Waals surface area contributed by atoms with Gasteiger partial charge in [0.05, 0.1) is 18.8 Å². The lowest BCUT2D eigenvalue weighted by Crippen LogP contribution is -2.48. The van der Waals surface area contributed by atoms with Crippen molar-refractivity contribution in [1.29, 1.82) is 0 Å². The van der Waals surface area contributed by atoms with Crippen LogP contribution in [0.5, 0.6) is 0 Å². The molecule has 0 unspecified atom stereocenters. The number of hydroxylamine groups is 1. The van der Waals surface area contributed by atoms with Crippen molar-refractivity contribution in [3.05, 3.63) is 42.0 Å². The van der Waals surface area contributed by atoms with E-state index < -0.39 is 24.5 Å². The highest BCUT2D eigenvalue weighted by Crippen LogP contribution is 2.25. The van der Waals surface area contributed by atoms with Gasteiger partial charge in [-0.1, -0.05) is 23.4 Å². The van der Waals surface area contributed by atoms with Crippen LogP contribution in [0, 0.1) is 5.82 Å². The van der Waals surface area contributed by atoms with Crippen LogP contribution < -0.4 is 10.4 Å². The van der Waals surface area contributed by atoms with Gasteiger partial charge in [-0.05, 0) is 0 Å². The van der Waals surface area contributed by atoms with Crippen molar-refractivity contribution >= 4 is 36.1 Å². The third kappa shape index (κ3) is 5.75. The maximum Gasteiger partial charge on any atom is 0.428 e. The smallest absolute Gasteiger partial charge is 0.428 e. The summed E-state index contributed by atoms with van der Waals surface area (Å²) >= 11 is 0. The maximum atomic E-state index is 14.7. The van der Waals surface area contributed by atoms with Crippen LogP contribution in [0.3, 0.4) is 0 Å². The van der Waals surface area contributed by atoms with Gasteiger partial charge in [-0.15, -0.1) is 12.4 Å². The molecule has 0 saturated carbocycles. The van der Waals surface area contributed by atoms with Gasteiger partial charge in [-0.2, -0.15) is 5.48 Å². The fraction of sp³-hybridized carbons (Fsp3) is 0.235. The number of carbonyl (C=O) groups is 2. The van der Waals surface area contributed by atoms with Gasteiger partial charge in [0.2, 0.25) is 12.6 Å². The van der Waals surface area contributed by atoms with Crippen LogP contribution in [0.4, 0.5) is 15.1 Å². The maximum absolute atomic E-state index is 14.7. The molecule has 0 aliphatic carbocycles. The summed E-state index contributed by atoms with van der Waals surface area (Å²) in [4.78, 5) is 40.3. The number of nitrogens with one attached hydrogen (secondary N) is 1. The van der Waals surface area contributed by atoms with Crippen LogP contribution >= 0.6 is 12.4 Å². The summed E-state index contributed by atoms with van der Waals surface area (Å²) in [6, 6.07) is 4.64. The number of halogens is 2. The average Bonchev–Trinajstić information content (AvgIpc) is 2.65. The summed E-state index contributed by atoms with van der Waals surface area (Å²) in [7, 11) is 0. The number of rotatable bonds is 8. The fourth-order valence-corrected chi connectivity index (χ4v) is 2.49. The van der Waals surface area contributed by atoms with E-state index in [0.29, 0.717) is 30.3 Å². The lowest BCUT2D eigenvalue weighted by molar-refractivity contribution is -0.142. The van der Waals surface area contributed by atoms with Gasteiger partial charge in [0.1, 0.15) is 12.4 Å². The first-order chi connectivity index (χ1) is 13.9. The average molecular weight is 442 g/mol. The molecule has 1 aromatic carbocycles. The number of aliphatic carboxylic acids is 1. The number of nitrogens with zero attached hydrogens (tertiary/aromatic N) is 4. The first kappa shape index (κ1) is 22.8. The first-order valence-electron chi connectivity index (χ1n) is 8.29.